The summed E-state index contributed by atoms with van der Waals surface area (Å²) in [7, 11) is 0. The highest BCUT2D eigenvalue weighted by Gasteiger charge is 2.22. The van der Waals surface area contributed by atoms with E-state index in [-0.39, 0.29) is 0 Å². The molecular formula is C8H5Cl4NO. The topological polar surface area (TPSA) is 29.1 Å². The molecule has 1 aromatic rings. The molecule has 0 aliphatic carbocycles. The summed E-state index contributed by atoms with van der Waals surface area (Å²) in [6.07, 6.45) is 0. The van der Waals surface area contributed by atoms with Gasteiger partial charge in [-0.15, -0.1) is 0 Å². The summed E-state index contributed by atoms with van der Waals surface area (Å²) in [6, 6.07) is 6.37. The number of benzene rings is 1. The van der Waals surface area contributed by atoms with Crippen LogP contribution in [0.25, 0.3) is 0 Å². The maximum atomic E-state index is 10.5. The second-order valence-corrected chi connectivity index (χ2v) is 5.10. The number of halogens is 4. The lowest BCUT2D eigenvalue weighted by molar-refractivity contribution is 0.269. The summed E-state index contributed by atoms with van der Waals surface area (Å²) >= 11 is 22.0. The first kappa shape index (κ1) is 11.9. The van der Waals surface area contributed by atoms with Crippen molar-refractivity contribution in [2.75, 3.05) is 5.32 Å². The first-order chi connectivity index (χ1) is 6.39. The van der Waals surface area contributed by atoms with Crippen LogP contribution in [0, 0.1) is 0 Å². The Bertz CT molecular complexity index is 330. The quantitative estimate of drug-likeness (QED) is 0.461. The zero-order valence-electron chi connectivity index (χ0n) is 6.73. The van der Waals surface area contributed by atoms with Crippen LogP contribution in [0.15, 0.2) is 24.3 Å². The van der Waals surface area contributed by atoms with Crippen molar-refractivity contribution in [3.8, 4) is 0 Å². The summed E-state index contributed by atoms with van der Waals surface area (Å²) in [5.41, 5.74) is 1.07. The van der Waals surface area contributed by atoms with E-state index in [9.17, 15) is 4.79 Å². The molecule has 0 spiro atoms. The highest BCUT2D eigenvalue weighted by molar-refractivity contribution is 6.67. The van der Waals surface area contributed by atoms with Gasteiger partial charge in [-0.25, -0.2) is 0 Å². The molecular weight excluding hydrogens is 268 g/mol. The molecule has 0 saturated carbocycles. The number of nitrogens with one attached hydrogen (secondary N) is 1. The van der Waals surface area contributed by atoms with Crippen molar-refractivity contribution in [2.45, 2.75) is 3.79 Å². The Labute approximate surface area is 101 Å². The van der Waals surface area contributed by atoms with E-state index >= 15 is 0 Å². The van der Waals surface area contributed by atoms with Crippen molar-refractivity contribution in [3.05, 3.63) is 29.8 Å². The first-order valence-electron chi connectivity index (χ1n) is 3.53. The van der Waals surface area contributed by atoms with E-state index in [4.69, 9.17) is 46.4 Å². The van der Waals surface area contributed by atoms with Gasteiger partial charge in [-0.3, -0.25) is 4.79 Å². The summed E-state index contributed by atoms with van der Waals surface area (Å²) in [4.78, 5) is 10.5. The standard InChI is InChI=1S/C8H5Cl4NO/c9-7(14)13-6-3-1-5(2-4-6)8(10,11)12/h1-4H,(H,13,14). The highest BCUT2D eigenvalue weighted by atomic mass is 35.6. The number of hydrogen-bond donors (Lipinski definition) is 1. The molecule has 0 saturated heterocycles. The van der Waals surface area contributed by atoms with E-state index in [0.29, 0.717) is 11.3 Å². The molecule has 0 fully saturated rings. The van der Waals surface area contributed by atoms with Crippen molar-refractivity contribution < 1.29 is 4.79 Å². The molecule has 1 aromatic carbocycles. The minimum absolute atomic E-state index is 0.523. The van der Waals surface area contributed by atoms with Crippen LogP contribution >= 0.6 is 46.4 Å². The maximum Gasteiger partial charge on any atom is 0.318 e. The fraction of sp³-hybridized carbons (Fsp3) is 0.125. The molecule has 0 atom stereocenters. The Balaban J connectivity index is 2.84. The summed E-state index contributed by atoms with van der Waals surface area (Å²) < 4.78 is -1.45. The molecule has 1 amide bonds. The minimum Gasteiger partial charge on any atom is -0.312 e. The zero-order valence-corrected chi connectivity index (χ0v) is 9.75. The third-order valence-corrected chi connectivity index (χ3v) is 2.20. The van der Waals surface area contributed by atoms with Crippen molar-refractivity contribution in [3.63, 3.8) is 0 Å². The summed E-state index contributed by atoms with van der Waals surface area (Å²) in [5, 5.41) is 1.72. The molecule has 0 radical (unpaired) electrons. The Morgan fingerprint density at radius 3 is 2.00 bits per heavy atom. The van der Waals surface area contributed by atoms with Crippen LogP contribution in [0.1, 0.15) is 5.56 Å². The van der Waals surface area contributed by atoms with Crippen molar-refractivity contribution >= 4 is 57.5 Å². The molecule has 6 heteroatoms. The Kier molecular flexibility index (Phi) is 3.90. The van der Waals surface area contributed by atoms with Gasteiger partial charge in [-0.05, 0) is 23.7 Å². The molecule has 76 valence electrons. The summed E-state index contributed by atoms with van der Waals surface area (Å²) in [5.74, 6) is 0. The SMILES string of the molecule is O=C(Cl)Nc1ccc(C(Cl)(Cl)Cl)cc1. The number of rotatable bonds is 1. The smallest absolute Gasteiger partial charge is 0.312 e. The average molecular weight is 273 g/mol. The van der Waals surface area contributed by atoms with Crippen LogP contribution in [0.2, 0.25) is 0 Å². The van der Waals surface area contributed by atoms with E-state index < -0.39 is 9.16 Å². The van der Waals surface area contributed by atoms with Gasteiger partial charge in [-0.2, -0.15) is 0 Å². The van der Waals surface area contributed by atoms with E-state index in [1.165, 1.54) is 0 Å². The lowest BCUT2D eigenvalue weighted by Gasteiger charge is -2.11. The molecule has 2 nitrogen and oxygen atoms in total. The van der Waals surface area contributed by atoms with Gasteiger partial charge in [-0.1, -0.05) is 46.9 Å². The van der Waals surface area contributed by atoms with Gasteiger partial charge in [0.05, 0.1) is 0 Å². The Morgan fingerprint density at radius 1 is 1.14 bits per heavy atom. The van der Waals surface area contributed by atoms with Crippen molar-refractivity contribution in [1.82, 2.24) is 0 Å². The predicted octanol–water partition coefficient (Wildman–Crippen LogP) is 4.28. The van der Waals surface area contributed by atoms with Gasteiger partial charge in [0, 0.05) is 11.3 Å². The van der Waals surface area contributed by atoms with Crippen LogP contribution in [0.3, 0.4) is 0 Å². The van der Waals surface area contributed by atoms with Gasteiger partial charge in [0.25, 0.3) is 0 Å². The van der Waals surface area contributed by atoms with E-state index in [1.807, 2.05) is 0 Å². The Morgan fingerprint density at radius 2 is 1.64 bits per heavy atom. The van der Waals surface area contributed by atoms with Crippen molar-refractivity contribution in [2.24, 2.45) is 0 Å². The number of anilines is 1. The van der Waals surface area contributed by atoms with Gasteiger partial charge in [0.1, 0.15) is 0 Å². The highest BCUT2D eigenvalue weighted by Crippen LogP contribution is 2.38. The molecule has 0 aliphatic rings. The molecule has 0 unspecified atom stereocenters. The molecule has 0 bridgehead atoms. The van der Waals surface area contributed by atoms with E-state index in [0.717, 1.165) is 0 Å². The molecule has 1 N–H and O–H groups in total. The van der Waals surface area contributed by atoms with Gasteiger partial charge < -0.3 is 5.32 Å². The van der Waals surface area contributed by atoms with Gasteiger partial charge in [0.2, 0.25) is 3.79 Å². The predicted molar refractivity (Wildman–Crippen MR) is 60.6 cm³/mol. The minimum atomic E-state index is -1.45. The second-order valence-electron chi connectivity index (χ2n) is 2.47. The molecule has 0 aromatic heterocycles. The van der Waals surface area contributed by atoms with Crippen LogP contribution in [-0.2, 0) is 3.79 Å². The monoisotopic (exact) mass is 271 g/mol. The maximum absolute atomic E-state index is 10.5. The fourth-order valence-electron chi connectivity index (χ4n) is 0.856. The molecule has 1 rings (SSSR count). The van der Waals surface area contributed by atoms with Crippen LogP contribution in [-0.4, -0.2) is 5.37 Å². The first-order valence-corrected chi connectivity index (χ1v) is 5.04. The second kappa shape index (κ2) is 4.58. The normalized spacial score (nSPS) is 11.1. The number of carbonyl (C=O) groups is 1. The lowest BCUT2D eigenvalue weighted by atomic mass is 10.2. The van der Waals surface area contributed by atoms with Gasteiger partial charge >= 0.3 is 5.37 Å². The number of alkyl halides is 3. The largest absolute Gasteiger partial charge is 0.318 e. The van der Waals surface area contributed by atoms with Crippen LogP contribution in [0.4, 0.5) is 10.5 Å². The molecule has 0 heterocycles. The van der Waals surface area contributed by atoms with Crippen LogP contribution < -0.4 is 5.32 Å². The number of hydrogen-bond acceptors (Lipinski definition) is 1. The number of amides is 1. The molecule has 0 aliphatic heterocycles. The molecule has 14 heavy (non-hydrogen) atoms. The average Bonchev–Trinajstić information content (AvgIpc) is 2.02. The van der Waals surface area contributed by atoms with Crippen molar-refractivity contribution in [1.29, 1.82) is 0 Å². The zero-order chi connectivity index (χ0) is 10.8. The summed E-state index contributed by atoms with van der Waals surface area (Å²) in [6.45, 7) is 0. The van der Waals surface area contributed by atoms with E-state index in [2.05, 4.69) is 5.32 Å². The third-order valence-electron chi connectivity index (χ3n) is 1.45. The van der Waals surface area contributed by atoms with E-state index in [1.54, 1.807) is 24.3 Å². The fourth-order valence-corrected chi connectivity index (χ4v) is 1.34. The lowest BCUT2D eigenvalue weighted by Crippen LogP contribution is -2.03. The third kappa shape index (κ3) is 3.54. The van der Waals surface area contributed by atoms with Gasteiger partial charge in [0.15, 0.2) is 0 Å². The van der Waals surface area contributed by atoms with Crippen LogP contribution in [0.5, 0.6) is 0 Å². The Hall–Kier alpha value is -0.150. The number of carbonyl (C=O) groups excluding carboxylic acids is 1.